The summed E-state index contributed by atoms with van der Waals surface area (Å²) in [5.74, 6) is 2.55. The Morgan fingerprint density at radius 2 is 2.06 bits per heavy atom. The molecule has 0 aromatic carbocycles. The first-order valence-corrected chi connectivity index (χ1v) is 5.99. The molecule has 0 radical (unpaired) electrons. The number of thiol groups is 1. The second kappa shape index (κ2) is 5.39. The van der Waals surface area contributed by atoms with Crippen molar-refractivity contribution in [3.05, 3.63) is 12.4 Å². The van der Waals surface area contributed by atoms with Gasteiger partial charge in [-0.25, -0.2) is 9.97 Å². The molecule has 1 rings (SSSR count). The van der Waals surface area contributed by atoms with Crippen molar-refractivity contribution in [3.63, 3.8) is 0 Å². The molecule has 0 saturated heterocycles. The molecule has 1 heterocycles. The summed E-state index contributed by atoms with van der Waals surface area (Å²) in [6.07, 6.45) is 1.58. The van der Waals surface area contributed by atoms with Gasteiger partial charge in [0.25, 0.3) is 0 Å². The lowest BCUT2D eigenvalue weighted by atomic mass is 10.1. The van der Waals surface area contributed by atoms with Gasteiger partial charge in [0.15, 0.2) is 0 Å². The summed E-state index contributed by atoms with van der Waals surface area (Å²) < 4.78 is 0. The van der Waals surface area contributed by atoms with Crippen LogP contribution in [0.1, 0.15) is 20.8 Å². The molecule has 0 amide bonds. The van der Waals surface area contributed by atoms with Crippen molar-refractivity contribution in [2.45, 2.75) is 26.3 Å². The zero-order valence-corrected chi connectivity index (χ0v) is 11.3. The van der Waals surface area contributed by atoms with E-state index < -0.39 is 0 Å². The van der Waals surface area contributed by atoms with Gasteiger partial charge in [-0.1, -0.05) is 0 Å². The minimum atomic E-state index is 0.0508. The maximum absolute atomic E-state index is 4.27. The van der Waals surface area contributed by atoms with Crippen LogP contribution in [-0.4, -0.2) is 34.9 Å². The molecule has 0 aliphatic heterocycles. The third-order valence-corrected chi connectivity index (χ3v) is 2.64. The molecule has 0 unspecified atom stereocenters. The van der Waals surface area contributed by atoms with E-state index in [2.05, 4.69) is 53.6 Å². The maximum atomic E-state index is 4.27. The van der Waals surface area contributed by atoms with E-state index in [1.165, 1.54) is 0 Å². The van der Waals surface area contributed by atoms with Crippen LogP contribution >= 0.6 is 12.6 Å². The van der Waals surface area contributed by atoms with Crippen LogP contribution < -0.4 is 10.2 Å². The lowest BCUT2D eigenvalue weighted by Gasteiger charge is -2.33. The summed E-state index contributed by atoms with van der Waals surface area (Å²) in [5, 5.41) is 3.19. The highest BCUT2D eigenvalue weighted by Gasteiger charge is 2.18. The van der Waals surface area contributed by atoms with Crippen LogP contribution in [0.15, 0.2) is 12.4 Å². The van der Waals surface area contributed by atoms with Crippen LogP contribution in [0.25, 0.3) is 0 Å². The van der Waals surface area contributed by atoms with Crippen LogP contribution in [-0.2, 0) is 0 Å². The number of rotatable bonds is 4. The number of nitrogens with one attached hydrogen (secondary N) is 1. The Morgan fingerprint density at radius 3 is 2.62 bits per heavy atom. The molecular weight excluding hydrogens is 220 g/mol. The smallest absolute Gasteiger partial charge is 0.134 e. The summed E-state index contributed by atoms with van der Waals surface area (Å²) in [6.45, 7) is 7.25. The molecular formula is C11H20N4S. The van der Waals surface area contributed by atoms with E-state index in [0.29, 0.717) is 0 Å². The topological polar surface area (TPSA) is 41.0 Å². The molecule has 0 atom stereocenters. The van der Waals surface area contributed by atoms with E-state index in [1.807, 2.05) is 13.1 Å². The summed E-state index contributed by atoms with van der Waals surface area (Å²) in [7, 11) is 2.03. The zero-order chi connectivity index (χ0) is 12.2. The number of nitrogens with zero attached hydrogens (tertiary/aromatic N) is 3. The molecule has 0 spiro atoms. The lowest BCUT2D eigenvalue weighted by Crippen LogP contribution is -2.38. The molecule has 0 aliphatic rings. The van der Waals surface area contributed by atoms with Gasteiger partial charge in [0.1, 0.15) is 18.0 Å². The second-order valence-corrected chi connectivity index (χ2v) is 5.09. The summed E-state index contributed by atoms with van der Waals surface area (Å²) in [6, 6.07) is 1.95. The number of aromatic nitrogens is 2. The highest BCUT2D eigenvalue weighted by molar-refractivity contribution is 7.80. The van der Waals surface area contributed by atoms with Crippen molar-refractivity contribution >= 4 is 24.3 Å². The Morgan fingerprint density at radius 1 is 1.38 bits per heavy atom. The first kappa shape index (κ1) is 13.1. The molecule has 1 aromatic heterocycles. The minimum Gasteiger partial charge on any atom is -0.369 e. The predicted octanol–water partition coefficient (Wildman–Crippen LogP) is 2.05. The standard InChI is InChI=1S/C11H20N4S/c1-11(2,3)15(4)10-7-9(12-5-6-16)13-8-14-10/h7-8,16H,5-6H2,1-4H3,(H,12,13,14). The Bertz CT molecular complexity index is 335. The van der Waals surface area contributed by atoms with E-state index in [1.54, 1.807) is 6.33 Å². The van der Waals surface area contributed by atoms with Crippen molar-refractivity contribution in [2.24, 2.45) is 0 Å². The summed E-state index contributed by atoms with van der Waals surface area (Å²) >= 11 is 4.15. The Balaban J connectivity index is 2.81. The average Bonchev–Trinajstić information content (AvgIpc) is 2.24. The molecule has 90 valence electrons. The van der Waals surface area contributed by atoms with Crippen LogP contribution in [0, 0.1) is 0 Å². The third kappa shape index (κ3) is 3.56. The SMILES string of the molecule is CN(c1cc(NCCS)ncn1)C(C)(C)C. The molecule has 5 heteroatoms. The first-order chi connectivity index (χ1) is 7.45. The highest BCUT2D eigenvalue weighted by Crippen LogP contribution is 2.20. The van der Waals surface area contributed by atoms with E-state index in [-0.39, 0.29) is 5.54 Å². The van der Waals surface area contributed by atoms with E-state index in [0.717, 1.165) is 23.9 Å². The van der Waals surface area contributed by atoms with Gasteiger partial charge in [-0.05, 0) is 20.8 Å². The van der Waals surface area contributed by atoms with Crippen LogP contribution in [0.5, 0.6) is 0 Å². The Kier molecular flexibility index (Phi) is 4.41. The van der Waals surface area contributed by atoms with Gasteiger partial charge in [-0.2, -0.15) is 12.6 Å². The summed E-state index contributed by atoms with van der Waals surface area (Å²) in [4.78, 5) is 10.6. The fraction of sp³-hybridized carbons (Fsp3) is 0.636. The van der Waals surface area contributed by atoms with Crippen LogP contribution in [0.4, 0.5) is 11.6 Å². The van der Waals surface area contributed by atoms with Gasteiger partial charge < -0.3 is 10.2 Å². The molecule has 0 fully saturated rings. The van der Waals surface area contributed by atoms with Gasteiger partial charge in [0.05, 0.1) is 0 Å². The molecule has 4 nitrogen and oxygen atoms in total. The van der Waals surface area contributed by atoms with E-state index in [4.69, 9.17) is 0 Å². The van der Waals surface area contributed by atoms with Gasteiger partial charge in [-0.3, -0.25) is 0 Å². The van der Waals surface area contributed by atoms with E-state index in [9.17, 15) is 0 Å². The van der Waals surface area contributed by atoms with Crippen molar-refractivity contribution in [1.82, 2.24) is 9.97 Å². The number of hydrogen-bond donors (Lipinski definition) is 2. The number of anilines is 2. The zero-order valence-electron chi connectivity index (χ0n) is 10.4. The van der Waals surface area contributed by atoms with E-state index >= 15 is 0 Å². The quantitative estimate of drug-likeness (QED) is 0.790. The van der Waals surface area contributed by atoms with Crippen molar-refractivity contribution < 1.29 is 0 Å². The molecule has 1 aromatic rings. The Labute approximate surface area is 103 Å². The fourth-order valence-electron chi connectivity index (χ4n) is 1.15. The minimum absolute atomic E-state index is 0.0508. The third-order valence-electron chi connectivity index (χ3n) is 2.42. The van der Waals surface area contributed by atoms with Gasteiger partial charge >= 0.3 is 0 Å². The molecule has 16 heavy (non-hydrogen) atoms. The highest BCUT2D eigenvalue weighted by atomic mass is 32.1. The normalized spacial score (nSPS) is 11.3. The maximum Gasteiger partial charge on any atom is 0.134 e. The summed E-state index contributed by atoms with van der Waals surface area (Å²) in [5.41, 5.74) is 0.0508. The lowest BCUT2D eigenvalue weighted by molar-refractivity contribution is 0.533. The largest absolute Gasteiger partial charge is 0.369 e. The first-order valence-electron chi connectivity index (χ1n) is 5.36. The Hall–Kier alpha value is -0.970. The molecule has 0 bridgehead atoms. The van der Waals surface area contributed by atoms with Gasteiger partial charge in [0, 0.05) is 31.0 Å². The van der Waals surface area contributed by atoms with Gasteiger partial charge in [0.2, 0.25) is 0 Å². The molecule has 1 N–H and O–H groups in total. The fourth-order valence-corrected chi connectivity index (χ4v) is 1.27. The second-order valence-electron chi connectivity index (χ2n) is 4.64. The van der Waals surface area contributed by atoms with Crippen molar-refractivity contribution in [3.8, 4) is 0 Å². The molecule has 0 saturated carbocycles. The van der Waals surface area contributed by atoms with Crippen molar-refractivity contribution in [2.75, 3.05) is 29.6 Å². The van der Waals surface area contributed by atoms with Crippen LogP contribution in [0.3, 0.4) is 0 Å². The predicted molar refractivity (Wildman–Crippen MR) is 72.5 cm³/mol. The van der Waals surface area contributed by atoms with Crippen molar-refractivity contribution in [1.29, 1.82) is 0 Å². The number of hydrogen-bond acceptors (Lipinski definition) is 5. The average molecular weight is 240 g/mol. The van der Waals surface area contributed by atoms with Crippen LogP contribution in [0.2, 0.25) is 0 Å². The monoisotopic (exact) mass is 240 g/mol. The van der Waals surface area contributed by atoms with Gasteiger partial charge in [-0.15, -0.1) is 0 Å². The molecule has 0 aliphatic carbocycles.